The Hall–Kier alpha value is -1.10. The summed E-state index contributed by atoms with van der Waals surface area (Å²) in [5.41, 5.74) is 0. The zero-order chi connectivity index (χ0) is 15.8. The van der Waals surface area contributed by atoms with Gasteiger partial charge in [-0.2, -0.15) is 0 Å². The average molecular weight is 297 g/mol. The lowest BCUT2D eigenvalue weighted by molar-refractivity contribution is -0.136. The maximum atomic E-state index is 12.1. The highest BCUT2D eigenvalue weighted by Gasteiger charge is 2.27. The first-order chi connectivity index (χ1) is 9.90. The largest absolute Gasteiger partial charge is 0.356 e. The van der Waals surface area contributed by atoms with Gasteiger partial charge in [-0.25, -0.2) is 0 Å². The van der Waals surface area contributed by atoms with Gasteiger partial charge in [0.2, 0.25) is 11.8 Å². The van der Waals surface area contributed by atoms with E-state index < -0.39 is 0 Å². The highest BCUT2D eigenvalue weighted by Crippen LogP contribution is 2.18. The van der Waals surface area contributed by atoms with Gasteiger partial charge in [0.1, 0.15) is 0 Å². The second kappa shape index (κ2) is 9.03. The zero-order valence-electron chi connectivity index (χ0n) is 14.0. The maximum absolute atomic E-state index is 12.1. The van der Waals surface area contributed by atoms with E-state index in [9.17, 15) is 9.59 Å². The van der Waals surface area contributed by atoms with Crippen molar-refractivity contribution in [3.05, 3.63) is 0 Å². The third-order valence-corrected chi connectivity index (χ3v) is 3.88. The minimum absolute atomic E-state index is 0.0763. The molecule has 1 heterocycles. The van der Waals surface area contributed by atoms with Crippen LogP contribution in [0.1, 0.15) is 39.5 Å². The van der Waals surface area contributed by atoms with Crippen LogP contribution in [0.15, 0.2) is 0 Å². The molecule has 0 aromatic heterocycles. The number of rotatable bonds is 7. The molecule has 1 N–H and O–H groups in total. The van der Waals surface area contributed by atoms with E-state index >= 15 is 0 Å². The number of hydrogen-bond acceptors (Lipinski definition) is 3. The fourth-order valence-corrected chi connectivity index (χ4v) is 2.62. The molecule has 0 aliphatic carbocycles. The first-order valence-corrected chi connectivity index (χ1v) is 8.10. The average Bonchev–Trinajstić information content (AvgIpc) is 2.42. The van der Waals surface area contributed by atoms with Gasteiger partial charge in [0.05, 0.1) is 0 Å². The van der Waals surface area contributed by atoms with Crippen molar-refractivity contribution in [2.24, 2.45) is 11.8 Å². The molecule has 0 saturated carbocycles. The summed E-state index contributed by atoms with van der Waals surface area (Å²) in [5, 5.41) is 3.01. The molecule has 5 heteroatoms. The van der Waals surface area contributed by atoms with Gasteiger partial charge in [-0.1, -0.05) is 13.8 Å². The Morgan fingerprint density at radius 3 is 2.38 bits per heavy atom. The highest BCUT2D eigenvalue weighted by atomic mass is 16.2. The summed E-state index contributed by atoms with van der Waals surface area (Å²) in [6, 6.07) is 0. The van der Waals surface area contributed by atoms with Crippen LogP contribution < -0.4 is 5.32 Å². The van der Waals surface area contributed by atoms with Gasteiger partial charge < -0.3 is 15.1 Å². The van der Waals surface area contributed by atoms with Gasteiger partial charge in [-0.3, -0.25) is 9.59 Å². The van der Waals surface area contributed by atoms with Crippen molar-refractivity contribution >= 4 is 11.8 Å². The molecule has 1 fully saturated rings. The SMILES string of the molecule is CC(C)CC(=O)N1CCC(C(=O)NCCCN(C)C)CC1. The van der Waals surface area contributed by atoms with E-state index in [1.807, 2.05) is 19.0 Å². The molecule has 21 heavy (non-hydrogen) atoms. The van der Waals surface area contributed by atoms with Crippen LogP contribution in [-0.4, -0.2) is 61.9 Å². The van der Waals surface area contributed by atoms with E-state index in [1.165, 1.54) is 0 Å². The summed E-state index contributed by atoms with van der Waals surface area (Å²) in [6.45, 7) is 7.30. The molecular weight excluding hydrogens is 266 g/mol. The monoisotopic (exact) mass is 297 g/mol. The Morgan fingerprint density at radius 1 is 1.24 bits per heavy atom. The van der Waals surface area contributed by atoms with Crippen LogP contribution in [0.4, 0.5) is 0 Å². The van der Waals surface area contributed by atoms with Crippen molar-refractivity contribution in [2.45, 2.75) is 39.5 Å². The first kappa shape index (κ1) is 18.0. The van der Waals surface area contributed by atoms with E-state index in [0.29, 0.717) is 12.3 Å². The molecule has 1 rings (SSSR count). The fourth-order valence-electron chi connectivity index (χ4n) is 2.62. The summed E-state index contributed by atoms with van der Waals surface area (Å²) in [4.78, 5) is 28.1. The summed E-state index contributed by atoms with van der Waals surface area (Å²) in [6.07, 6.45) is 3.18. The topological polar surface area (TPSA) is 52.7 Å². The lowest BCUT2D eigenvalue weighted by Crippen LogP contribution is -2.43. The van der Waals surface area contributed by atoms with E-state index in [1.54, 1.807) is 0 Å². The third-order valence-electron chi connectivity index (χ3n) is 3.88. The minimum Gasteiger partial charge on any atom is -0.356 e. The van der Waals surface area contributed by atoms with Crippen molar-refractivity contribution in [1.82, 2.24) is 15.1 Å². The van der Waals surface area contributed by atoms with Gasteiger partial charge in [0.25, 0.3) is 0 Å². The molecule has 1 aliphatic heterocycles. The smallest absolute Gasteiger partial charge is 0.223 e. The van der Waals surface area contributed by atoms with Crippen LogP contribution in [0, 0.1) is 11.8 Å². The molecule has 0 spiro atoms. The highest BCUT2D eigenvalue weighted by molar-refractivity contribution is 5.80. The van der Waals surface area contributed by atoms with Crippen LogP contribution in [-0.2, 0) is 9.59 Å². The summed E-state index contributed by atoms with van der Waals surface area (Å²) >= 11 is 0. The Balaban J connectivity index is 2.22. The van der Waals surface area contributed by atoms with Gasteiger partial charge in [-0.15, -0.1) is 0 Å². The Bertz CT molecular complexity index is 334. The van der Waals surface area contributed by atoms with Crippen LogP contribution in [0.2, 0.25) is 0 Å². The second-order valence-corrected chi connectivity index (χ2v) is 6.70. The Kier molecular flexibility index (Phi) is 7.72. The number of likely N-dealkylation sites (tertiary alicyclic amines) is 1. The summed E-state index contributed by atoms with van der Waals surface area (Å²) < 4.78 is 0. The molecular formula is C16H31N3O2. The van der Waals surface area contributed by atoms with E-state index in [2.05, 4.69) is 24.1 Å². The molecule has 0 bridgehead atoms. The lowest BCUT2D eigenvalue weighted by Gasteiger charge is -2.31. The van der Waals surface area contributed by atoms with Crippen LogP contribution in [0.5, 0.6) is 0 Å². The number of piperidine rings is 1. The van der Waals surface area contributed by atoms with Crippen LogP contribution in [0.3, 0.4) is 0 Å². The van der Waals surface area contributed by atoms with Gasteiger partial charge in [0.15, 0.2) is 0 Å². The molecule has 1 aliphatic rings. The number of carbonyl (C=O) groups is 2. The van der Waals surface area contributed by atoms with Crippen LogP contribution >= 0.6 is 0 Å². The van der Waals surface area contributed by atoms with Crippen molar-refractivity contribution in [3.8, 4) is 0 Å². The number of nitrogens with zero attached hydrogens (tertiary/aromatic N) is 2. The minimum atomic E-state index is 0.0763. The van der Waals surface area contributed by atoms with E-state index in [4.69, 9.17) is 0 Å². The normalized spacial score (nSPS) is 16.6. The Labute approximate surface area is 129 Å². The zero-order valence-corrected chi connectivity index (χ0v) is 14.0. The predicted octanol–water partition coefficient (Wildman–Crippen LogP) is 1.34. The molecule has 122 valence electrons. The number of hydrogen-bond donors (Lipinski definition) is 1. The van der Waals surface area contributed by atoms with E-state index in [0.717, 1.165) is 45.4 Å². The molecule has 2 amide bonds. The standard InChI is InChI=1S/C16H31N3O2/c1-13(2)12-15(20)19-10-6-14(7-11-19)16(21)17-8-5-9-18(3)4/h13-14H,5-12H2,1-4H3,(H,17,21). The Morgan fingerprint density at radius 2 is 1.86 bits per heavy atom. The van der Waals surface area contributed by atoms with E-state index in [-0.39, 0.29) is 17.7 Å². The fraction of sp³-hybridized carbons (Fsp3) is 0.875. The summed E-state index contributed by atoms with van der Waals surface area (Å²) in [5.74, 6) is 0.863. The predicted molar refractivity (Wildman–Crippen MR) is 84.9 cm³/mol. The number of nitrogens with one attached hydrogen (secondary N) is 1. The van der Waals surface area contributed by atoms with Gasteiger partial charge in [0, 0.05) is 32.0 Å². The molecule has 5 nitrogen and oxygen atoms in total. The van der Waals surface area contributed by atoms with Crippen molar-refractivity contribution < 1.29 is 9.59 Å². The first-order valence-electron chi connectivity index (χ1n) is 8.10. The second-order valence-electron chi connectivity index (χ2n) is 6.70. The maximum Gasteiger partial charge on any atom is 0.223 e. The van der Waals surface area contributed by atoms with Gasteiger partial charge in [-0.05, 0) is 45.8 Å². The number of amides is 2. The summed E-state index contributed by atoms with van der Waals surface area (Å²) in [7, 11) is 4.07. The van der Waals surface area contributed by atoms with Crippen molar-refractivity contribution in [3.63, 3.8) is 0 Å². The lowest BCUT2D eigenvalue weighted by atomic mass is 9.95. The molecule has 0 aromatic carbocycles. The molecule has 0 radical (unpaired) electrons. The number of carbonyl (C=O) groups excluding carboxylic acids is 2. The molecule has 0 atom stereocenters. The van der Waals surface area contributed by atoms with Gasteiger partial charge >= 0.3 is 0 Å². The van der Waals surface area contributed by atoms with Crippen LogP contribution in [0.25, 0.3) is 0 Å². The van der Waals surface area contributed by atoms with Crippen molar-refractivity contribution in [2.75, 3.05) is 40.3 Å². The quantitative estimate of drug-likeness (QED) is 0.722. The molecule has 0 aromatic rings. The van der Waals surface area contributed by atoms with Crippen molar-refractivity contribution in [1.29, 1.82) is 0 Å². The third kappa shape index (κ3) is 6.93. The molecule has 1 saturated heterocycles. The molecule has 0 unspecified atom stereocenters.